The Morgan fingerprint density at radius 3 is 2.79 bits per heavy atom. The Hall–Kier alpha value is -1.17. The molecule has 5 nitrogen and oxygen atoms in total. The first-order chi connectivity index (χ1) is 9.10. The molecule has 0 fully saturated rings. The van der Waals surface area contributed by atoms with Crippen molar-refractivity contribution < 1.29 is 14.3 Å². The molecular formula is C13H19ClN2O3. The molecule has 0 saturated carbocycles. The molecule has 0 N–H and O–H groups in total. The van der Waals surface area contributed by atoms with Crippen molar-refractivity contribution in [2.24, 2.45) is 0 Å². The molecule has 1 aromatic heterocycles. The van der Waals surface area contributed by atoms with Crippen LogP contribution in [0.2, 0.25) is 5.15 Å². The number of nitrogens with zero attached hydrogens (tertiary/aromatic N) is 2. The van der Waals surface area contributed by atoms with E-state index in [2.05, 4.69) is 4.98 Å². The number of hydrogen-bond donors (Lipinski definition) is 0. The van der Waals surface area contributed by atoms with E-state index in [0.717, 1.165) is 0 Å². The molecule has 0 aliphatic heterocycles. The van der Waals surface area contributed by atoms with E-state index in [1.165, 1.54) is 6.20 Å². The topological polar surface area (TPSA) is 51.7 Å². The van der Waals surface area contributed by atoms with Crippen molar-refractivity contribution in [2.75, 3.05) is 34.0 Å². The maximum Gasteiger partial charge on any atom is 0.254 e. The van der Waals surface area contributed by atoms with Crippen LogP contribution in [-0.2, 0) is 9.47 Å². The number of aromatic nitrogens is 1. The Bertz CT molecular complexity index is 415. The van der Waals surface area contributed by atoms with Crippen LogP contribution in [0, 0.1) is 0 Å². The molecule has 1 heterocycles. The monoisotopic (exact) mass is 286 g/mol. The minimum Gasteiger partial charge on any atom is -0.383 e. The molecule has 0 spiro atoms. The second kappa shape index (κ2) is 8.09. The van der Waals surface area contributed by atoms with Crippen LogP contribution >= 0.6 is 11.6 Å². The molecule has 0 aromatic carbocycles. The smallest absolute Gasteiger partial charge is 0.254 e. The predicted octanol–water partition coefficient (Wildman–Crippen LogP) is 1.86. The summed E-state index contributed by atoms with van der Waals surface area (Å²) in [6.45, 7) is 3.37. The van der Waals surface area contributed by atoms with Gasteiger partial charge < -0.3 is 14.4 Å². The molecule has 1 unspecified atom stereocenters. The van der Waals surface area contributed by atoms with Gasteiger partial charge in [-0.25, -0.2) is 4.98 Å². The van der Waals surface area contributed by atoms with Gasteiger partial charge in [-0.1, -0.05) is 11.6 Å². The highest BCUT2D eigenvalue weighted by atomic mass is 35.5. The highest BCUT2D eigenvalue weighted by Gasteiger charge is 2.21. The molecule has 1 aromatic rings. The van der Waals surface area contributed by atoms with E-state index < -0.39 is 0 Å². The van der Waals surface area contributed by atoms with Crippen LogP contribution in [-0.4, -0.2) is 55.8 Å². The SMILES string of the molecule is COCCN(C(=O)c1ccnc(Cl)c1)C(C)COC. The quantitative estimate of drug-likeness (QED) is 0.718. The average molecular weight is 287 g/mol. The van der Waals surface area contributed by atoms with Crippen molar-refractivity contribution in [3.8, 4) is 0 Å². The Balaban J connectivity index is 2.86. The fourth-order valence-corrected chi connectivity index (χ4v) is 1.92. The van der Waals surface area contributed by atoms with Gasteiger partial charge in [0.25, 0.3) is 5.91 Å². The number of hydrogen-bond acceptors (Lipinski definition) is 4. The van der Waals surface area contributed by atoms with Crippen LogP contribution in [0.4, 0.5) is 0 Å². The van der Waals surface area contributed by atoms with Gasteiger partial charge in [-0.3, -0.25) is 4.79 Å². The van der Waals surface area contributed by atoms with Crippen LogP contribution < -0.4 is 0 Å². The summed E-state index contributed by atoms with van der Waals surface area (Å²) < 4.78 is 10.1. The molecule has 0 bridgehead atoms. The minimum atomic E-state index is -0.106. The van der Waals surface area contributed by atoms with E-state index in [1.54, 1.807) is 31.3 Å². The summed E-state index contributed by atoms with van der Waals surface area (Å²) in [6.07, 6.45) is 1.52. The third-order valence-electron chi connectivity index (χ3n) is 2.71. The number of amides is 1. The van der Waals surface area contributed by atoms with Crippen molar-refractivity contribution in [3.05, 3.63) is 29.0 Å². The van der Waals surface area contributed by atoms with E-state index in [9.17, 15) is 4.79 Å². The summed E-state index contributed by atoms with van der Waals surface area (Å²) in [6, 6.07) is 3.16. The number of halogens is 1. The molecule has 0 aliphatic rings. The lowest BCUT2D eigenvalue weighted by Gasteiger charge is -2.28. The van der Waals surface area contributed by atoms with Gasteiger partial charge in [0.05, 0.1) is 19.3 Å². The van der Waals surface area contributed by atoms with Gasteiger partial charge in [0.1, 0.15) is 5.15 Å². The lowest BCUT2D eigenvalue weighted by Crippen LogP contribution is -2.43. The maximum absolute atomic E-state index is 12.4. The summed E-state index contributed by atoms with van der Waals surface area (Å²) in [5.41, 5.74) is 0.513. The maximum atomic E-state index is 12.4. The predicted molar refractivity (Wildman–Crippen MR) is 73.5 cm³/mol. The summed E-state index contributed by atoms with van der Waals surface area (Å²) in [7, 11) is 3.21. The zero-order valence-electron chi connectivity index (χ0n) is 11.4. The van der Waals surface area contributed by atoms with Crippen molar-refractivity contribution >= 4 is 17.5 Å². The zero-order chi connectivity index (χ0) is 14.3. The molecule has 1 atom stereocenters. The number of ether oxygens (including phenoxy) is 2. The number of pyridine rings is 1. The minimum absolute atomic E-state index is 0.0420. The summed E-state index contributed by atoms with van der Waals surface area (Å²) >= 11 is 5.81. The van der Waals surface area contributed by atoms with E-state index in [4.69, 9.17) is 21.1 Å². The highest BCUT2D eigenvalue weighted by molar-refractivity contribution is 6.29. The summed E-state index contributed by atoms with van der Waals surface area (Å²) in [5.74, 6) is -0.106. The van der Waals surface area contributed by atoms with E-state index in [1.807, 2.05) is 6.92 Å². The van der Waals surface area contributed by atoms with E-state index in [-0.39, 0.29) is 11.9 Å². The Labute approximate surface area is 118 Å². The third-order valence-corrected chi connectivity index (χ3v) is 2.92. The fourth-order valence-electron chi connectivity index (χ4n) is 1.74. The van der Waals surface area contributed by atoms with E-state index >= 15 is 0 Å². The summed E-state index contributed by atoms with van der Waals surface area (Å²) in [5, 5.41) is 0.303. The molecule has 0 saturated heterocycles. The third kappa shape index (κ3) is 4.78. The zero-order valence-corrected chi connectivity index (χ0v) is 12.2. The molecule has 19 heavy (non-hydrogen) atoms. The number of carbonyl (C=O) groups is 1. The number of rotatable bonds is 7. The van der Waals surface area contributed by atoms with Crippen LogP contribution in [0.1, 0.15) is 17.3 Å². The van der Waals surface area contributed by atoms with Crippen LogP contribution in [0.5, 0.6) is 0 Å². The van der Waals surface area contributed by atoms with Crippen LogP contribution in [0.15, 0.2) is 18.3 Å². The molecule has 1 amide bonds. The van der Waals surface area contributed by atoms with E-state index in [0.29, 0.717) is 30.5 Å². The molecular weight excluding hydrogens is 268 g/mol. The molecule has 106 valence electrons. The highest BCUT2D eigenvalue weighted by Crippen LogP contribution is 2.12. The van der Waals surface area contributed by atoms with Crippen LogP contribution in [0.25, 0.3) is 0 Å². The van der Waals surface area contributed by atoms with Gasteiger partial charge in [-0.05, 0) is 19.1 Å². The number of methoxy groups -OCH3 is 2. The lowest BCUT2D eigenvalue weighted by molar-refractivity contribution is 0.0479. The first-order valence-electron chi connectivity index (χ1n) is 6.00. The average Bonchev–Trinajstić information content (AvgIpc) is 2.39. The Morgan fingerprint density at radius 2 is 2.21 bits per heavy atom. The van der Waals surface area contributed by atoms with Crippen molar-refractivity contribution in [1.29, 1.82) is 0 Å². The van der Waals surface area contributed by atoms with Crippen molar-refractivity contribution in [3.63, 3.8) is 0 Å². The lowest BCUT2D eigenvalue weighted by atomic mass is 10.2. The Kier molecular flexibility index (Phi) is 6.77. The normalized spacial score (nSPS) is 12.2. The van der Waals surface area contributed by atoms with Gasteiger partial charge in [0, 0.05) is 32.5 Å². The van der Waals surface area contributed by atoms with Gasteiger partial charge in [-0.2, -0.15) is 0 Å². The molecule has 0 radical (unpaired) electrons. The van der Waals surface area contributed by atoms with Crippen molar-refractivity contribution in [1.82, 2.24) is 9.88 Å². The molecule has 0 aliphatic carbocycles. The summed E-state index contributed by atoms with van der Waals surface area (Å²) in [4.78, 5) is 18.0. The molecule has 1 rings (SSSR count). The molecule has 6 heteroatoms. The fraction of sp³-hybridized carbons (Fsp3) is 0.538. The first kappa shape index (κ1) is 15.9. The van der Waals surface area contributed by atoms with Crippen molar-refractivity contribution in [2.45, 2.75) is 13.0 Å². The van der Waals surface area contributed by atoms with Gasteiger partial charge in [-0.15, -0.1) is 0 Å². The first-order valence-corrected chi connectivity index (χ1v) is 6.38. The largest absolute Gasteiger partial charge is 0.383 e. The van der Waals surface area contributed by atoms with Crippen LogP contribution in [0.3, 0.4) is 0 Å². The number of carbonyl (C=O) groups excluding carboxylic acids is 1. The Morgan fingerprint density at radius 1 is 1.47 bits per heavy atom. The van der Waals surface area contributed by atoms with Gasteiger partial charge >= 0.3 is 0 Å². The van der Waals surface area contributed by atoms with Gasteiger partial charge in [0.15, 0.2) is 0 Å². The standard InChI is InChI=1S/C13H19ClN2O3/c1-10(9-19-3)16(6-7-18-2)13(17)11-4-5-15-12(14)8-11/h4-5,8,10H,6-7,9H2,1-3H3. The second-order valence-corrected chi connectivity index (χ2v) is 4.55. The second-order valence-electron chi connectivity index (χ2n) is 4.16. The van der Waals surface area contributed by atoms with Gasteiger partial charge in [0.2, 0.25) is 0 Å².